The molecule has 1 aromatic carbocycles. The van der Waals surface area contributed by atoms with Gasteiger partial charge >= 0.3 is 6.03 Å². The highest BCUT2D eigenvalue weighted by atomic mass is 19.1. The van der Waals surface area contributed by atoms with E-state index in [1.165, 1.54) is 12.4 Å². The molecule has 8 nitrogen and oxygen atoms in total. The average molecular weight is 399 g/mol. The van der Waals surface area contributed by atoms with Crippen molar-refractivity contribution in [3.63, 3.8) is 0 Å². The molecular formula is C19H19F2N7O. The van der Waals surface area contributed by atoms with Crippen molar-refractivity contribution >= 4 is 29.2 Å². The van der Waals surface area contributed by atoms with Crippen LogP contribution in [0.4, 0.5) is 36.7 Å². The number of para-hydroxylation sites is 1. The lowest BCUT2D eigenvalue weighted by Gasteiger charge is -2.11. The van der Waals surface area contributed by atoms with Crippen LogP contribution < -0.4 is 21.3 Å². The third-order valence-electron chi connectivity index (χ3n) is 3.76. The number of carbonyl (C=O) groups excluding carboxylic acids is 1. The number of halogens is 2. The normalized spacial score (nSPS) is 10.3. The Morgan fingerprint density at radius 1 is 0.966 bits per heavy atom. The fourth-order valence-corrected chi connectivity index (χ4v) is 2.40. The smallest absolute Gasteiger partial charge is 0.319 e. The summed E-state index contributed by atoms with van der Waals surface area (Å²) in [5, 5.41) is 10.7. The molecule has 0 saturated carbocycles. The topological polar surface area (TPSA) is 104 Å². The molecule has 0 saturated heterocycles. The van der Waals surface area contributed by atoms with Gasteiger partial charge in [-0.15, -0.1) is 0 Å². The van der Waals surface area contributed by atoms with Gasteiger partial charge in [-0.25, -0.2) is 28.5 Å². The number of anilines is 4. The molecule has 2 aromatic heterocycles. The van der Waals surface area contributed by atoms with Gasteiger partial charge in [0.05, 0.1) is 0 Å². The predicted molar refractivity (Wildman–Crippen MR) is 106 cm³/mol. The highest BCUT2D eigenvalue weighted by molar-refractivity contribution is 5.89. The molecule has 3 aromatic rings. The van der Waals surface area contributed by atoms with Gasteiger partial charge < -0.3 is 21.3 Å². The largest absolute Gasteiger partial charge is 0.368 e. The summed E-state index contributed by atoms with van der Waals surface area (Å²) in [6.07, 6.45) is 3.09. The lowest BCUT2D eigenvalue weighted by molar-refractivity contribution is 0.252. The molecule has 0 fully saturated rings. The van der Waals surface area contributed by atoms with E-state index in [1.54, 1.807) is 12.3 Å². The highest BCUT2D eigenvalue weighted by Gasteiger charge is 2.11. The van der Waals surface area contributed by atoms with Crippen molar-refractivity contribution in [2.75, 3.05) is 29.0 Å². The number of urea groups is 1. The number of rotatable bonds is 7. The van der Waals surface area contributed by atoms with E-state index in [0.29, 0.717) is 24.0 Å². The minimum atomic E-state index is -0.845. The van der Waals surface area contributed by atoms with Gasteiger partial charge in [0, 0.05) is 25.4 Å². The molecule has 0 spiro atoms. The number of carbonyl (C=O) groups is 1. The maximum absolute atomic E-state index is 13.5. The van der Waals surface area contributed by atoms with Crippen molar-refractivity contribution < 1.29 is 13.6 Å². The first-order valence-corrected chi connectivity index (χ1v) is 8.76. The summed E-state index contributed by atoms with van der Waals surface area (Å²) in [4.78, 5) is 24.2. The quantitative estimate of drug-likeness (QED) is 0.454. The second kappa shape index (κ2) is 9.40. The number of hydrogen-bond donors (Lipinski definition) is 4. The van der Waals surface area contributed by atoms with Gasteiger partial charge in [-0.1, -0.05) is 6.07 Å². The van der Waals surface area contributed by atoms with Crippen LogP contribution in [0.3, 0.4) is 0 Å². The summed E-state index contributed by atoms with van der Waals surface area (Å²) in [7, 11) is 0. The molecule has 0 atom stereocenters. The number of amides is 2. The average Bonchev–Trinajstić information content (AvgIpc) is 2.69. The number of aryl methyl sites for hydroxylation is 1. The lowest BCUT2D eigenvalue weighted by Crippen LogP contribution is -2.33. The maximum atomic E-state index is 13.5. The zero-order valence-corrected chi connectivity index (χ0v) is 15.5. The number of hydrogen-bond acceptors (Lipinski definition) is 6. The van der Waals surface area contributed by atoms with Crippen LogP contribution in [-0.2, 0) is 0 Å². The van der Waals surface area contributed by atoms with Crippen molar-refractivity contribution in [2.24, 2.45) is 0 Å². The van der Waals surface area contributed by atoms with Crippen molar-refractivity contribution in [2.45, 2.75) is 6.92 Å². The van der Waals surface area contributed by atoms with Crippen LogP contribution in [-0.4, -0.2) is 34.1 Å². The molecular weight excluding hydrogens is 380 g/mol. The highest BCUT2D eigenvalue weighted by Crippen LogP contribution is 2.17. The molecule has 4 N–H and O–H groups in total. The first-order valence-electron chi connectivity index (χ1n) is 8.76. The van der Waals surface area contributed by atoms with Crippen LogP contribution in [0, 0.1) is 18.6 Å². The van der Waals surface area contributed by atoms with Crippen LogP contribution in [0.2, 0.25) is 0 Å². The van der Waals surface area contributed by atoms with E-state index in [2.05, 4.69) is 36.2 Å². The lowest BCUT2D eigenvalue weighted by atomic mass is 10.3. The standard InChI is InChI=1S/C19H19F2N7O/c1-12-5-6-22-16(9-12)27-17-10-15(25-11-26-17)23-7-8-24-19(29)28-18-13(20)3-2-4-14(18)21/h2-6,9-11H,7-8H2,1H3,(H2,24,28,29)(H2,22,23,25,26,27). The molecule has 0 aliphatic carbocycles. The Hall–Kier alpha value is -3.82. The molecule has 10 heteroatoms. The summed E-state index contributed by atoms with van der Waals surface area (Å²) in [5.41, 5.74) is 0.573. The van der Waals surface area contributed by atoms with Gasteiger partial charge in [0.1, 0.15) is 41.1 Å². The summed E-state index contributed by atoms with van der Waals surface area (Å²) < 4.78 is 27.0. The van der Waals surface area contributed by atoms with E-state index in [4.69, 9.17) is 0 Å². The van der Waals surface area contributed by atoms with Crippen molar-refractivity contribution in [1.82, 2.24) is 20.3 Å². The maximum Gasteiger partial charge on any atom is 0.319 e. The van der Waals surface area contributed by atoms with E-state index < -0.39 is 23.4 Å². The van der Waals surface area contributed by atoms with E-state index >= 15 is 0 Å². The summed E-state index contributed by atoms with van der Waals surface area (Å²) in [5.74, 6) is 0.0667. The van der Waals surface area contributed by atoms with Gasteiger partial charge in [0.2, 0.25) is 0 Å². The Morgan fingerprint density at radius 3 is 2.45 bits per heavy atom. The van der Waals surface area contributed by atoms with E-state index in [9.17, 15) is 13.6 Å². The Balaban J connectivity index is 1.46. The summed E-state index contributed by atoms with van der Waals surface area (Å²) in [6.45, 7) is 2.50. The minimum absolute atomic E-state index is 0.202. The summed E-state index contributed by atoms with van der Waals surface area (Å²) >= 11 is 0. The van der Waals surface area contributed by atoms with E-state index in [0.717, 1.165) is 17.7 Å². The van der Waals surface area contributed by atoms with Crippen LogP contribution in [0.25, 0.3) is 0 Å². The number of nitrogens with one attached hydrogen (secondary N) is 4. The number of nitrogens with zero attached hydrogens (tertiary/aromatic N) is 3. The number of benzene rings is 1. The number of aromatic nitrogens is 3. The number of pyridine rings is 1. The zero-order valence-electron chi connectivity index (χ0n) is 15.5. The SMILES string of the molecule is Cc1ccnc(Nc2cc(NCCNC(=O)Nc3c(F)cccc3F)ncn2)c1. The third kappa shape index (κ3) is 5.83. The molecule has 2 amide bonds. The molecule has 29 heavy (non-hydrogen) atoms. The van der Waals surface area contributed by atoms with Gasteiger partial charge in [-0.2, -0.15) is 0 Å². The fraction of sp³-hybridized carbons (Fsp3) is 0.158. The first-order chi connectivity index (χ1) is 14.0. The Labute approximate surface area is 165 Å². The monoisotopic (exact) mass is 399 g/mol. The molecule has 3 rings (SSSR count). The van der Waals surface area contributed by atoms with Crippen molar-refractivity contribution in [3.05, 3.63) is 66.1 Å². The van der Waals surface area contributed by atoms with Crippen LogP contribution in [0.5, 0.6) is 0 Å². The molecule has 0 aliphatic heterocycles. The Morgan fingerprint density at radius 2 is 1.69 bits per heavy atom. The van der Waals surface area contributed by atoms with Gasteiger partial charge in [0.15, 0.2) is 0 Å². The minimum Gasteiger partial charge on any atom is -0.368 e. The Kier molecular flexibility index (Phi) is 6.46. The molecule has 0 radical (unpaired) electrons. The molecule has 0 aliphatic rings. The Bertz CT molecular complexity index is 980. The second-order valence-electron chi connectivity index (χ2n) is 6.04. The fourth-order valence-electron chi connectivity index (χ4n) is 2.40. The molecule has 2 heterocycles. The first kappa shape index (κ1) is 19.9. The summed E-state index contributed by atoms with van der Waals surface area (Å²) in [6, 6.07) is 8.10. The second-order valence-corrected chi connectivity index (χ2v) is 6.04. The van der Waals surface area contributed by atoms with Crippen molar-refractivity contribution in [3.8, 4) is 0 Å². The molecule has 0 unspecified atom stereocenters. The zero-order chi connectivity index (χ0) is 20.6. The van der Waals surface area contributed by atoms with Crippen molar-refractivity contribution in [1.29, 1.82) is 0 Å². The van der Waals surface area contributed by atoms with E-state index in [-0.39, 0.29) is 6.54 Å². The van der Waals surface area contributed by atoms with Gasteiger partial charge in [-0.3, -0.25) is 0 Å². The molecule has 150 valence electrons. The third-order valence-corrected chi connectivity index (χ3v) is 3.76. The molecule has 0 bridgehead atoms. The van der Waals surface area contributed by atoms with Crippen LogP contribution in [0.15, 0.2) is 48.9 Å². The van der Waals surface area contributed by atoms with Gasteiger partial charge in [0.25, 0.3) is 0 Å². The van der Waals surface area contributed by atoms with Crippen LogP contribution >= 0.6 is 0 Å². The van der Waals surface area contributed by atoms with Crippen LogP contribution in [0.1, 0.15) is 5.56 Å². The van der Waals surface area contributed by atoms with E-state index in [1.807, 2.05) is 19.1 Å². The van der Waals surface area contributed by atoms with Gasteiger partial charge in [-0.05, 0) is 36.8 Å². The predicted octanol–water partition coefficient (Wildman–Crippen LogP) is 3.44.